The van der Waals surface area contributed by atoms with Gasteiger partial charge >= 0.3 is 5.97 Å². The van der Waals surface area contributed by atoms with E-state index in [2.05, 4.69) is 62.0 Å². The van der Waals surface area contributed by atoms with Crippen LogP contribution in [-0.2, 0) is 9.53 Å². The molecular weight excluding hydrogens is 677 g/mol. The van der Waals surface area contributed by atoms with Crippen LogP contribution in [0.5, 0.6) is 0 Å². The molecule has 55 heavy (non-hydrogen) atoms. The van der Waals surface area contributed by atoms with Crippen LogP contribution in [0.4, 0.5) is 0 Å². The van der Waals surface area contributed by atoms with E-state index in [1.807, 2.05) is 24.5 Å². The Labute approximate surface area is 333 Å². The van der Waals surface area contributed by atoms with Gasteiger partial charge in [0.2, 0.25) is 0 Å². The van der Waals surface area contributed by atoms with Crippen molar-refractivity contribution in [3.05, 3.63) is 95.6 Å². The van der Waals surface area contributed by atoms with Crippen LogP contribution in [0.2, 0.25) is 0 Å². The minimum Gasteiger partial charge on any atom is -0.462 e. The molecule has 8 aliphatic rings. The summed E-state index contributed by atoms with van der Waals surface area (Å²) in [5.41, 5.74) is 9.21. The molecule has 0 bridgehead atoms. The Hall–Kier alpha value is -3.31. The van der Waals surface area contributed by atoms with E-state index < -0.39 is 0 Å². The highest BCUT2D eigenvalue weighted by Crippen LogP contribution is 2.68. The van der Waals surface area contributed by atoms with E-state index in [1.54, 1.807) is 23.5 Å². The molecule has 4 saturated carbocycles. The number of aliphatic hydroxyl groups excluding tert-OH is 1. The minimum absolute atomic E-state index is 0.0663. The molecule has 2 aromatic heterocycles. The third-order valence-electron chi connectivity index (χ3n) is 17.5. The van der Waals surface area contributed by atoms with Crippen LogP contribution in [0, 0.1) is 57.2 Å². The molecule has 12 atom stereocenters. The van der Waals surface area contributed by atoms with E-state index in [9.17, 15) is 9.90 Å². The monoisotopic (exact) mass is 743 g/mol. The number of fused-ring (bicyclic) bond motifs is 10. The van der Waals surface area contributed by atoms with Crippen LogP contribution in [0.1, 0.15) is 138 Å². The highest BCUT2D eigenvalue weighted by molar-refractivity contribution is 5.73. The third-order valence-corrected chi connectivity index (χ3v) is 17.5. The zero-order valence-corrected chi connectivity index (χ0v) is 33.9. The Morgan fingerprint density at radius 3 is 1.67 bits per heavy atom. The number of nitrogens with zero attached hydrogens (tertiary/aromatic N) is 2. The molecule has 1 N–H and O–H groups in total. The van der Waals surface area contributed by atoms with Gasteiger partial charge in [0, 0.05) is 38.1 Å². The Balaban J connectivity index is 0.000000149. The van der Waals surface area contributed by atoms with Crippen molar-refractivity contribution < 1.29 is 17.4 Å². The van der Waals surface area contributed by atoms with Crippen molar-refractivity contribution in [1.82, 2.24) is 9.97 Å². The molecule has 5 heteroatoms. The van der Waals surface area contributed by atoms with Gasteiger partial charge in [-0.25, -0.2) is 0 Å². The van der Waals surface area contributed by atoms with Crippen LogP contribution in [0.25, 0.3) is 11.1 Å². The quantitative estimate of drug-likeness (QED) is 0.250. The molecule has 10 rings (SSSR count). The summed E-state index contributed by atoms with van der Waals surface area (Å²) < 4.78 is 21.5. The lowest BCUT2D eigenvalue weighted by atomic mass is 9.47. The number of hydrogen-bond acceptors (Lipinski definition) is 5. The van der Waals surface area contributed by atoms with E-state index >= 15 is 0 Å². The average molecular weight is 743 g/mol. The van der Waals surface area contributed by atoms with E-state index in [0.717, 1.165) is 86.7 Å². The molecule has 0 spiro atoms. The van der Waals surface area contributed by atoms with Crippen LogP contribution in [0.3, 0.4) is 0 Å². The number of esters is 1. The molecule has 0 saturated heterocycles. The zero-order chi connectivity index (χ0) is 39.9. The van der Waals surface area contributed by atoms with Crippen LogP contribution >= 0.6 is 0 Å². The molecule has 0 aromatic carbocycles. The van der Waals surface area contributed by atoms with Gasteiger partial charge in [-0.1, -0.05) is 75.3 Å². The van der Waals surface area contributed by atoms with Crippen molar-refractivity contribution in [2.75, 3.05) is 0 Å². The fourth-order valence-electron chi connectivity index (χ4n) is 14.6. The summed E-state index contributed by atoms with van der Waals surface area (Å²) in [6.07, 6.45) is 32.7. The van der Waals surface area contributed by atoms with Gasteiger partial charge in [0.1, 0.15) is 6.10 Å². The van der Waals surface area contributed by atoms with Crippen molar-refractivity contribution in [2.24, 2.45) is 57.2 Å². The first-order valence-corrected chi connectivity index (χ1v) is 21.7. The number of aromatic nitrogens is 2. The summed E-state index contributed by atoms with van der Waals surface area (Å²) in [6.45, 7) is 11.4. The SMILES string of the molecule is [2H]c1cncc(C2=CCC3C4CC=C5C[C@@H](O)CC[C@]5(C)C4CC[C@]23C)c1.[2H]c1cncc(C2=CCC3C4CC=C5C[C@@H](OC(C)=O)CC[C@]5(C)C4CC[C@]23C)c1. The minimum atomic E-state index is -0.151. The van der Waals surface area contributed by atoms with Gasteiger partial charge in [-0.15, -0.1) is 0 Å². The van der Waals surface area contributed by atoms with E-state index in [1.165, 1.54) is 50.2 Å². The number of pyridine rings is 2. The second kappa shape index (κ2) is 14.0. The highest BCUT2D eigenvalue weighted by atomic mass is 16.5. The molecule has 8 aliphatic carbocycles. The van der Waals surface area contributed by atoms with Crippen molar-refractivity contribution in [3.8, 4) is 0 Å². The number of carbonyl (C=O) groups excluding carboxylic acids is 1. The van der Waals surface area contributed by atoms with Crippen molar-refractivity contribution >= 4 is 17.1 Å². The first-order valence-electron chi connectivity index (χ1n) is 22.7. The maximum absolute atomic E-state index is 11.4. The maximum atomic E-state index is 11.4. The molecule has 0 amide bonds. The number of hydrogen-bond donors (Lipinski definition) is 1. The largest absolute Gasteiger partial charge is 0.462 e. The Kier molecular flexibility index (Phi) is 8.86. The molecule has 4 fully saturated rings. The van der Waals surface area contributed by atoms with Gasteiger partial charge in [-0.2, -0.15) is 0 Å². The van der Waals surface area contributed by atoms with Gasteiger partial charge in [-0.05, 0) is 175 Å². The second-order valence-corrected chi connectivity index (χ2v) is 19.9. The van der Waals surface area contributed by atoms with Gasteiger partial charge in [0.25, 0.3) is 0 Å². The lowest BCUT2D eigenvalue weighted by Gasteiger charge is -2.57. The lowest BCUT2D eigenvalue weighted by Crippen LogP contribution is -2.50. The predicted molar refractivity (Wildman–Crippen MR) is 220 cm³/mol. The van der Waals surface area contributed by atoms with Gasteiger partial charge in [0.05, 0.1) is 8.85 Å². The first-order chi connectivity index (χ1) is 27.2. The molecule has 6 unspecified atom stereocenters. The number of aliphatic hydroxyl groups is 1. The second-order valence-electron chi connectivity index (χ2n) is 19.9. The summed E-state index contributed by atoms with van der Waals surface area (Å²) in [4.78, 5) is 20.0. The fourth-order valence-corrected chi connectivity index (χ4v) is 14.6. The van der Waals surface area contributed by atoms with Gasteiger partial charge < -0.3 is 9.84 Å². The topological polar surface area (TPSA) is 72.3 Å². The average Bonchev–Trinajstić information content (AvgIpc) is 3.72. The van der Waals surface area contributed by atoms with Crippen molar-refractivity contribution in [1.29, 1.82) is 0 Å². The summed E-state index contributed by atoms with van der Waals surface area (Å²) in [5, 5.41) is 10.2. The number of ether oxygens (including phenoxy) is 1. The molecule has 0 radical (unpaired) electrons. The number of rotatable bonds is 3. The number of carbonyl (C=O) groups is 1. The normalized spacial score (nSPS) is 43.0. The fraction of sp³-hybridized carbons (Fsp3) is 0.620. The van der Waals surface area contributed by atoms with Crippen LogP contribution < -0.4 is 0 Å². The summed E-state index contributed by atoms with van der Waals surface area (Å²) in [7, 11) is 0. The smallest absolute Gasteiger partial charge is 0.302 e. The number of allylic oxidation sites excluding steroid dienone is 6. The molecule has 5 nitrogen and oxygen atoms in total. The van der Waals surface area contributed by atoms with Gasteiger partial charge in [-0.3, -0.25) is 14.8 Å². The summed E-state index contributed by atoms with van der Waals surface area (Å²) in [5.74, 6) is 4.15. The van der Waals surface area contributed by atoms with Crippen molar-refractivity contribution in [3.63, 3.8) is 0 Å². The Morgan fingerprint density at radius 2 is 1.16 bits per heavy atom. The Bertz CT molecular complexity index is 2050. The summed E-state index contributed by atoms with van der Waals surface area (Å²) in [6, 6.07) is 4.97. The molecule has 292 valence electrons. The van der Waals surface area contributed by atoms with Gasteiger partial charge in [0.15, 0.2) is 0 Å². The summed E-state index contributed by atoms with van der Waals surface area (Å²) >= 11 is 0. The lowest BCUT2D eigenvalue weighted by molar-refractivity contribution is -0.148. The van der Waals surface area contributed by atoms with E-state index in [4.69, 9.17) is 7.48 Å². The van der Waals surface area contributed by atoms with Crippen molar-refractivity contribution in [2.45, 2.75) is 137 Å². The molecule has 0 aliphatic heterocycles. The predicted octanol–water partition coefficient (Wildman–Crippen LogP) is 11.4. The standard InChI is InChI=1S/C26H33NO2.C24H31NO/c1-17(28)29-20-10-12-25(2)19(15-20)6-7-21-23-9-8-22(18-5-4-14-27-16-18)26(23,3)13-11-24(21)25;1-23-11-9-18(26)14-17(23)5-6-19-21-8-7-20(16-4-3-13-25-15-16)24(21,2)12-10-22(19)23/h4-6,8,14,16,20-21,23-24H,7,9-13,15H2,1-3H3;3-5,7,13,15,18-19,21-22,26H,6,8-12,14H2,1-2H3/t20-,21?,23?,24?,25-,26+;18-,19?,21?,22?,23-,24+/m00/s1/i4D;3D. The molecular formula is C50H64N2O3. The molecule has 2 heterocycles. The van der Waals surface area contributed by atoms with Crippen LogP contribution in [-0.4, -0.2) is 33.3 Å². The Morgan fingerprint density at radius 1 is 0.673 bits per heavy atom. The zero-order valence-electron chi connectivity index (χ0n) is 35.9. The van der Waals surface area contributed by atoms with E-state index in [0.29, 0.717) is 35.3 Å². The van der Waals surface area contributed by atoms with E-state index in [-0.39, 0.29) is 34.4 Å². The first kappa shape index (κ1) is 34.9. The maximum Gasteiger partial charge on any atom is 0.302 e. The molecule has 2 aromatic rings. The third kappa shape index (κ3) is 6.07. The van der Waals surface area contributed by atoms with Crippen LogP contribution in [0.15, 0.2) is 84.5 Å². The highest BCUT2D eigenvalue weighted by Gasteiger charge is 2.58.